The molecule has 0 aliphatic carbocycles. The van der Waals surface area contributed by atoms with Gasteiger partial charge in [0.05, 0.1) is 0 Å². The number of aliphatic hydroxyl groups excluding tert-OH is 3. The molecule has 1 saturated heterocycles. The molecule has 1 fully saturated rings. The summed E-state index contributed by atoms with van der Waals surface area (Å²) >= 11 is 0.177. The summed E-state index contributed by atoms with van der Waals surface area (Å²) in [5, 5.41) is 28.8. The molecule has 1 aliphatic rings. The Hall–Kier alpha value is -0.421. The molecule has 0 amide bonds. The summed E-state index contributed by atoms with van der Waals surface area (Å²) in [7, 11) is 0. The number of hydrogen-bond donors (Lipinski definition) is 3. The van der Waals surface area contributed by atoms with Crippen LogP contribution in [-0.4, -0.2) is 54.9 Å². The molecule has 1 heterocycles. The van der Waals surface area contributed by atoms with Gasteiger partial charge in [0.2, 0.25) is 0 Å². The van der Waals surface area contributed by atoms with E-state index < -0.39 is 24.6 Å². The second-order valence-electron chi connectivity index (χ2n) is 3.67. The summed E-state index contributed by atoms with van der Waals surface area (Å²) < 4.78 is 6.29. The fourth-order valence-corrected chi connectivity index (χ4v) is 3.62. The molecule has 0 unspecified atom stereocenters. The molecule has 0 aromatic heterocycles. The predicted octanol–water partition coefficient (Wildman–Crippen LogP) is -1.13. The first kappa shape index (κ1) is 12.0. The predicted molar refractivity (Wildman–Crippen MR) is 59.5 cm³/mol. The van der Waals surface area contributed by atoms with Gasteiger partial charge < -0.3 is 0 Å². The zero-order valence-electron chi connectivity index (χ0n) is 8.56. The van der Waals surface area contributed by atoms with Gasteiger partial charge >= 0.3 is 99.7 Å². The molecule has 2 rings (SSSR count). The van der Waals surface area contributed by atoms with Gasteiger partial charge in [0, 0.05) is 0 Å². The molecule has 5 heteroatoms. The summed E-state index contributed by atoms with van der Waals surface area (Å²) in [4.78, 5) is 0. The van der Waals surface area contributed by atoms with Crippen LogP contribution in [0.25, 0.3) is 0 Å². The van der Waals surface area contributed by atoms with Crippen LogP contribution in [0.1, 0.15) is 0 Å². The van der Waals surface area contributed by atoms with E-state index in [1.54, 1.807) is 0 Å². The van der Waals surface area contributed by atoms with Crippen molar-refractivity contribution in [1.82, 2.24) is 0 Å². The first-order chi connectivity index (χ1) is 7.68. The second-order valence-corrected chi connectivity index (χ2v) is 5.96. The molecule has 3 N–H and O–H groups in total. The van der Waals surface area contributed by atoms with Gasteiger partial charge in [-0.2, -0.15) is 0 Å². The molecule has 0 radical (unpaired) electrons. The Balaban J connectivity index is 1.87. The Morgan fingerprint density at radius 3 is 2.31 bits per heavy atom. The van der Waals surface area contributed by atoms with Crippen LogP contribution in [0.4, 0.5) is 0 Å². The third kappa shape index (κ3) is 2.63. The Morgan fingerprint density at radius 1 is 1.06 bits per heavy atom. The van der Waals surface area contributed by atoms with Crippen LogP contribution in [0, 0.1) is 0 Å². The van der Waals surface area contributed by atoms with Crippen molar-refractivity contribution in [2.24, 2.45) is 0 Å². The monoisotopic (exact) mass is 290 g/mol. The van der Waals surface area contributed by atoms with E-state index in [1.165, 1.54) is 4.46 Å². The molecule has 1 aliphatic heterocycles. The van der Waals surface area contributed by atoms with E-state index in [-0.39, 0.29) is 15.0 Å². The van der Waals surface area contributed by atoms with Gasteiger partial charge in [0.25, 0.3) is 0 Å². The first-order valence-electron chi connectivity index (χ1n) is 5.06. The second kappa shape index (κ2) is 5.27. The summed E-state index contributed by atoms with van der Waals surface area (Å²) in [5.74, 6) is 0. The van der Waals surface area contributed by atoms with Crippen LogP contribution in [0.3, 0.4) is 0 Å². The maximum atomic E-state index is 9.58. The van der Waals surface area contributed by atoms with E-state index >= 15 is 0 Å². The average molecular weight is 289 g/mol. The standard InChI is InChI=1S/C11H14O4Se/c12-9-8(15-11(14)10(9)13)6-16-7-4-2-1-3-5-7/h1-5,8-14H,6H2/t8-,9+,10-,11+/m1/s1. The molecular formula is C11H14O4Se. The third-order valence-corrected chi connectivity index (χ3v) is 4.80. The topological polar surface area (TPSA) is 69.9 Å². The van der Waals surface area contributed by atoms with Gasteiger partial charge in [-0.15, -0.1) is 0 Å². The van der Waals surface area contributed by atoms with E-state index in [9.17, 15) is 15.3 Å². The Morgan fingerprint density at radius 2 is 1.75 bits per heavy atom. The Labute approximate surface area is 100 Å². The minimum atomic E-state index is -1.26. The van der Waals surface area contributed by atoms with Crippen molar-refractivity contribution in [3.8, 4) is 0 Å². The van der Waals surface area contributed by atoms with E-state index in [0.717, 1.165) is 0 Å². The quantitative estimate of drug-likeness (QED) is 0.616. The van der Waals surface area contributed by atoms with Crippen molar-refractivity contribution in [1.29, 1.82) is 0 Å². The van der Waals surface area contributed by atoms with E-state index in [4.69, 9.17) is 4.74 Å². The number of benzene rings is 1. The molecule has 0 bridgehead atoms. The van der Waals surface area contributed by atoms with Crippen LogP contribution in [-0.2, 0) is 4.74 Å². The van der Waals surface area contributed by atoms with Crippen LogP contribution < -0.4 is 4.46 Å². The fraction of sp³-hybridized carbons (Fsp3) is 0.455. The molecular weight excluding hydrogens is 275 g/mol. The van der Waals surface area contributed by atoms with Crippen LogP contribution >= 0.6 is 0 Å². The normalized spacial score (nSPS) is 34.2. The van der Waals surface area contributed by atoms with E-state index in [1.807, 2.05) is 30.3 Å². The van der Waals surface area contributed by atoms with Crippen LogP contribution in [0.15, 0.2) is 30.3 Å². The number of rotatable bonds is 3. The molecule has 16 heavy (non-hydrogen) atoms. The number of aliphatic hydroxyl groups is 3. The first-order valence-corrected chi connectivity index (χ1v) is 7.13. The molecule has 4 nitrogen and oxygen atoms in total. The minimum absolute atomic E-state index is 0.177. The number of hydrogen-bond acceptors (Lipinski definition) is 4. The van der Waals surface area contributed by atoms with Gasteiger partial charge in [0.15, 0.2) is 0 Å². The summed E-state index contributed by atoms with van der Waals surface area (Å²) in [6, 6.07) is 9.93. The summed E-state index contributed by atoms with van der Waals surface area (Å²) in [6.07, 6.45) is -3.89. The van der Waals surface area contributed by atoms with Gasteiger partial charge in [0.1, 0.15) is 0 Å². The van der Waals surface area contributed by atoms with Crippen molar-refractivity contribution >= 4 is 19.4 Å². The molecule has 0 spiro atoms. The average Bonchev–Trinajstić information content (AvgIpc) is 2.56. The van der Waals surface area contributed by atoms with Crippen molar-refractivity contribution in [3.05, 3.63) is 30.3 Å². The molecule has 4 atom stereocenters. The van der Waals surface area contributed by atoms with E-state index in [2.05, 4.69) is 0 Å². The molecule has 1 aromatic carbocycles. The SMILES string of the molecule is O[C@@H]1[C@@H](O)[C@@H](C[Se]c2ccccc2)O[C@@H]1O. The van der Waals surface area contributed by atoms with Crippen LogP contribution in [0.2, 0.25) is 5.32 Å². The zero-order valence-corrected chi connectivity index (χ0v) is 10.3. The third-order valence-electron chi connectivity index (χ3n) is 2.49. The van der Waals surface area contributed by atoms with Crippen molar-refractivity contribution in [2.75, 3.05) is 0 Å². The molecule has 0 saturated carbocycles. The Kier molecular flexibility index (Phi) is 3.97. The van der Waals surface area contributed by atoms with Crippen molar-refractivity contribution in [2.45, 2.75) is 29.9 Å². The number of ether oxygens (including phenoxy) is 1. The van der Waals surface area contributed by atoms with Gasteiger partial charge in [-0.05, 0) is 0 Å². The Bertz CT molecular complexity index is 332. The van der Waals surface area contributed by atoms with Crippen molar-refractivity contribution < 1.29 is 20.1 Å². The van der Waals surface area contributed by atoms with E-state index in [0.29, 0.717) is 5.32 Å². The van der Waals surface area contributed by atoms with Gasteiger partial charge in [-0.25, -0.2) is 0 Å². The summed E-state index contributed by atoms with van der Waals surface area (Å²) in [5.41, 5.74) is 0. The van der Waals surface area contributed by atoms with Gasteiger partial charge in [-0.1, -0.05) is 0 Å². The summed E-state index contributed by atoms with van der Waals surface area (Å²) in [6.45, 7) is 0. The fourth-order valence-electron chi connectivity index (χ4n) is 1.56. The van der Waals surface area contributed by atoms with Crippen molar-refractivity contribution in [3.63, 3.8) is 0 Å². The maximum absolute atomic E-state index is 9.58. The molecule has 1 aromatic rings. The van der Waals surface area contributed by atoms with Crippen LogP contribution in [0.5, 0.6) is 0 Å². The van der Waals surface area contributed by atoms with Gasteiger partial charge in [-0.3, -0.25) is 0 Å². The zero-order chi connectivity index (χ0) is 11.5. The molecule has 88 valence electrons.